The van der Waals surface area contributed by atoms with E-state index in [1.54, 1.807) is 45.0 Å². The highest BCUT2D eigenvalue weighted by atomic mass is 16.4. The van der Waals surface area contributed by atoms with Crippen molar-refractivity contribution in [3.05, 3.63) is 35.4 Å². The maximum atomic E-state index is 11.6. The zero-order valence-electron chi connectivity index (χ0n) is 12.6. The van der Waals surface area contributed by atoms with E-state index < -0.39 is 22.8 Å². The van der Waals surface area contributed by atoms with Gasteiger partial charge in [0.25, 0.3) is 0 Å². The Kier molecular flexibility index (Phi) is 4.27. The summed E-state index contributed by atoms with van der Waals surface area (Å²) in [5.74, 6) is -1.86. The van der Waals surface area contributed by atoms with E-state index in [0.717, 1.165) is 0 Å². The molecule has 110 valence electrons. The first kappa shape index (κ1) is 16.2. The fourth-order valence-corrected chi connectivity index (χ4v) is 2.06. The van der Waals surface area contributed by atoms with Crippen LogP contribution in [-0.2, 0) is 20.4 Å². The number of carboxylic acids is 2. The molecule has 1 aromatic rings. The molecule has 0 saturated carbocycles. The molecule has 1 atom stereocenters. The summed E-state index contributed by atoms with van der Waals surface area (Å²) in [6, 6.07) is 6.84. The van der Waals surface area contributed by atoms with Gasteiger partial charge in [0.05, 0.1) is 10.8 Å². The molecule has 0 amide bonds. The zero-order valence-corrected chi connectivity index (χ0v) is 12.6. The summed E-state index contributed by atoms with van der Waals surface area (Å²) in [6.07, 6.45) is 0. The molecule has 0 spiro atoms. The molecule has 1 aromatic carbocycles. The third-order valence-corrected chi connectivity index (χ3v) is 4.34. The number of hydrogen-bond donors (Lipinski definition) is 2. The molecular formula is C16H22O4. The highest BCUT2D eigenvalue weighted by Gasteiger charge is 2.39. The molecular weight excluding hydrogens is 256 g/mol. The molecule has 0 bridgehead atoms. The third-order valence-electron chi connectivity index (χ3n) is 4.34. The van der Waals surface area contributed by atoms with E-state index in [0.29, 0.717) is 11.1 Å². The molecule has 0 heterocycles. The van der Waals surface area contributed by atoms with Gasteiger partial charge in [-0.1, -0.05) is 38.1 Å². The SMILES string of the molecule is CC(C)C(C)(C(=O)O)c1ccc(C(C)(C)C(=O)O)cc1. The monoisotopic (exact) mass is 278 g/mol. The van der Waals surface area contributed by atoms with Gasteiger partial charge in [-0.25, -0.2) is 0 Å². The van der Waals surface area contributed by atoms with E-state index in [9.17, 15) is 19.8 Å². The van der Waals surface area contributed by atoms with Gasteiger partial charge in [-0.05, 0) is 37.8 Å². The van der Waals surface area contributed by atoms with Gasteiger partial charge >= 0.3 is 11.9 Å². The van der Waals surface area contributed by atoms with Crippen LogP contribution in [-0.4, -0.2) is 22.2 Å². The van der Waals surface area contributed by atoms with Crippen molar-refractivity contribution in [2.75, 3.05) is 0 Å². The average molecular weight is 278 g/mol. The second kappa shape index (κ2) is 5.27. The minimum atomic E-state index is -0.990. The fourth-order valence-electron chi connectivity index (χ4n) is 2.06. The molecule has 0 aliphatic rings. The molecule has 1 unspecified atom stereocenters. The summed E-state index contributed by atoms with van der Waals surface area (Å²) >= 11 is 0. The highest BCUT2D eigenvalue weighted by Crippen LogP contribution is 2.34. The molecule has 20 heavy (non-hydrogen) atoms. The van der Waals surface area contributed by atoms with Gasteiger partial charge in [-0.3, -0.25) is 9.59 Å². The van der Waals surface area contributed by atoms with Crippen LogP contribution >= 0.6 is 0 Å². The van der Waals surface area contributed by atoms with Gasteiger partial charge in [-0.2, -0.15) is 0 Å². The minimum absolute atomic E-state index is 0.0710. The maximum absolute atomic E-state index is 11.6. The number of carboxylic acid groups (broad SMARTS) is 2. The van der Waals surface area contributed by atoms with Crippen LogP contribution in [0.2, 0.25) is 0 Å². The molecule has 0 saturated heterocycles. The Morgan fingerprint density at radius 3 is 1.60 bits per heavy atom. The van der Waals surface area contributed by atoms with Gasteiger partial charge < -0.3 is 10.2 Å². The molecule has 0 fully saturated rings. The third kappa shape index (κ3) is 2.55. The number of benzene rings is 1. The summed E-state index contributed by atoms with van der Waals surface area (Å²) in [5.41, 5.74) is -0.628. The summed E-state index contributed by atoms with van der Waals surface area (Å²) in [4.78, 5) is 22.8. The van der Waals surface area contributed by atoms with Crippen molar-refractivity contribution in [2.45, 2.75) is 45.4 Å². The molecule has 0 aromatic heterocycles. The minimum Gasteiger partial charge on any atom is -0.481 e. The van der Waals surface area contributed by atoms with Gasteiger partial charge in [0.2, 0.25) is 0 Å². The number of carbonyl (C=O) groups is 2. The smallest absolute Gasteiger partial charge is 0.314 e. The summed E-state index contributed by atoms with van der Waals surface area (Å²) in [6.45, 7) is 8.68. The molecule has 0 aliphatic heterocycles. The Labute approximate surface area is 119 Å². The van der Waals surface area contributed by atoms with Crippen LogP contribution in [0.1, 0.15) is 45.7 Å². The molecule has 4 heteroatoms. The van der Waals surface area contributed by atoms with Crippen molar-refractivity contribution in [2.24, 2.45) is 5.92 Å². The average Bonchev–Trinajstić information content (AvgIpc) is 2.37. The second-order valence-electron chi connectivity index (χ2n) is 6.17. The van der Waals surface area contributed by atoms with E-state index in [4.69, 9.17) is 0 Å². The largest absolute Gasteiger partial charge is 0.481 e. The standard InChI is InChI=1S/C16H22O4/c1-10(2)16(5,14(19)20)12-8-6-11(7-9-12)15(3,4)13(17)18/h6-10H,1-5H3,(H,17,18)(H,19,20). The lowest BCUT2D eigenvalue weighted by molar-refractivity contribution is -0.145. The van der Waals surface area contributed by atoms with Crippen LogP contribution in [0.5, 0.6) is 0 Å². The lowest BCUT2D eigenvalue weighted by atomic mass is 9.72. The van der Waals surface area contributed by atoms with Crippen LogP contribution in [0.3, 0.4) is 0 Å². The van der Waals surface area contributed by atoms with E-state index >= 15 is 0 Å². The molecule has 0 aliphatic carbocycles. The fraction of sp³-hybridized carbons (Fsp3) is 0.500. The predicted octanol–water partition coefficient (Wildman–Crippen LogP) is 3.05. The first-order valence-corrected chi connectivity index (χ1v) is 6.62. The Morgan fingerprint density at radius 1 is 0.900 bits per heavy atom. The quantitative estimate of drug-likeness (QED) is 0.868. The molecule has 4 nitrogen and oxygen atoms in total. The number of aliphatic carboxylic acids is 2. The lowest BCUT2D eigenvalue weighted by Gasteiger charge is -2.30. The Bertz CT molecular complexity index is 514. The Balaban J connectivity index is 3.27. The Hall–Kier alpha value is -1.84. The van der Waals surface area contributed by atoms with Crippen LogP contribution in [0, 0.1) is 5.92 Å². The van der Waals surface area contributed by atoms with Crippen LogP contribution < -0.4 is 0 Å². The summed E-state index contributed by atoms with van der Waals surface area (Å²) < 4.78 is 0. The molecule has 1 rings (SSSR count). The summed E-state index contributed by atoms with van der Waals surface area (Å²) in [7, 11) is 0. The number of rotatable bonds is 5. The normalized spacial score (nSPS) is 14.9. The lowest BCUT2D eigenvalue weighted by Crippen LogP contribution is -2.38. The van der Waals surface area contributed by atoms with Crippen molar-refractivity contribution in [3.63, 3.8) is 0 Å². The first-order chi connectivity index (χ1) is 9.04. The highest BCUT2D eigenvalue weighted by molar-refractivity contribution is 5.82. The van der Waals surface area contributed by atoms with Crippen LogP contribution in [0.25, 0.3) is 0 Å². The van der Waals surface area contributed by atoms with Crippen molar-refractivity contribution in [1.82, 2.24) is 0 Å². The van der Waals surface area contributed by atoms with Gasteiger partial charge in [0.1, 0.15) is 0 Å². The number of hydrogen-bond acceptors (Lipinski definition) is 2. The van der Waals surface area contributed by atoms with E-state index in [2.05, 4.69) is 0 Å². The van der Waals surface area contributed by atoms with Crippen molar-refractivity contribution < 1.29 is 19.8 Å². The zero-order chi connectivity index (χ0) is 15.7. The van der Waals surface area contributed by atoms with Gasteiger partial charge in [0, 0.05) is 0 Å². The van der Waals surface area contributed by atoms with Crippen LogP contribution in [0.15, 0.2) is 24.3 Å². The van der Waals surface area contributed by atoms with Gasteiger partial charge in [-0.15, -0.1) is 0 Å². The van der Waals surface area contributed by atoms with E-state index in [-0.39, 0.29) is 5.92 Å². The van der Waals surface area contributed by atoms with E-state index in [1.807, 2.05) is 13.8 Å². The van der Waals surface area contributed by atoms with E-state index in [1.165, 1.54) is 0 Å². The second-order valence-corrected chi connectivity index (χ2v) is 6.17. The Morgan fingerprint density at radius 2 is 1.30 bits per heavy atom. The van der Waals surface area contributed by atoms with Crippen molar-refractivity contribution in [1.29, 1.82) is 0 Å². The molecule has 0 radical (unpaired) electrons. The maximum Gasteiger partial charge on any atom is 0.314 e. The van der Waals surface area contributed by atoms with Gasteiger partial charge in [0.15, 0.2) is 0 Å². The molecule has 2 N–H and O–H groups in total. The predicted molar refractivity (Wildman–Crippen MR) is 76.9 cm³/mol. The van der Waals surface area contributed by atoms with Crippen LogP contribution in [0.4, 0.5) is 0 Å². The van der Waals surface area contributed by atoms with Crippen molar-refractivity contribution >= 4 is 11.9 Å². The first-order valence-electron chi connectivity index (χ1n) is 6.62. The topological polar surface area (TPSA) is 74.6 Å². The summed E-state index contributed by atoms with van der Waals surface area (Å²) in [5, 5.41) is 18.7. The van der Waals surface area contributed by atoms with Crippen molar-refractivity contribution in [3.8, 4) is 0 Å².